The third-order valence-corrected chi connectivity index (χ3v) is 4.73. The molecule has 0 saturated heterocycles. The maximum Gasteiger partial charge on any atom is 0.233 e. The highest BCUT2D eigenvalue weighted by molar-refractivity contribution is 7.92. The van der Waals surface area contributed by atoms with Crippen molar-refractivity contribution >= 4 is 33.2 Å². The lowest BCUT2D eigenvalue weighted by Gasteiger charge is -2.18. The summed E-state index contributed by atoms with van der Waals surface area (Å²) in [4.78, 5) is 27.8. The highest BCUT2D eigenvalue weighted by Crippen LogP contribution is 2.21. The van der Waals surface area contributed by atoms with Crippen LogP contribution < -0.4 is 4.31 Å². The fourth-order valence-electron chi connectivity index (χ4n) is 2.33. The van der Waals surface area contributed by atoms with Crippen molar-refractivity contribution in [2.45, 2.75) is 6.54 Å². The zero-order chi connectivity index (χ0) is 17.3. The molecule has 9 nitrogen and oxygen atoms in total. The van der Waals surface area contributed by atoms with Gasteiger partial charge in [-0.05, 0) is 6.07 Å². The molecule has 124 valence electrons. The van der Waals surface area contributed by atoms with E-state index in [1.54, 1.807) is 16.8 Å². The molecule has 0 spiro atoms. The molecule has 0 aliphatic heterocycles. The Morgan fingerprint density at radius 2 is 2.00 bits per heavy atom. The monoisotopic (exact) mass is 346 g/mol. The molecule has 0 atom stereocenters. The first-order chi connectivity index (χ1) is 11.4. The zero-order valence-corrected chi connectivity index (χ0v) is 13.8. The predicted octanol–water partition coefficient (Wildman–Crippen LogP) is 0.478. The van der Waals surface area contributed by atoms with Gasteiger partial charge >= 0.3 is 0 Å². The summed E-state index contributed by atoms with van der Waals surface area (Å²) >= 11 is 0. The quantitative estimate of drug-likeness (QED) is 0.618. The minimum Gasteiger partial charge on any atom is -0.317 e. The molecule has 0 saturated carbocycles. The van der Waals surface area contributed by atoms with Crippen LogP contribution in [0.3, 0.4) is 0 Å². The molecule has 3 aromatic heterocycles. The molecule has 0 radical (unpaired) electrons. The molecule has 0 aromatic carbocycles. The number of fused-ring (bicyclic) bond motifs is 1. The summed E-state index contributed by atoms with van der Waals surface area (Å²) in [5, 5.41) is 0.710. The Labute approximate surface area is 138 Å². The highest BCUT2D eigenvalue weighted by atomic mass is 32.2. The van der Waals surface area contributed by atoms with Crippen molar-refractivity contribution < 1.29 is 13.2 Å². The SMILES string of the molecule is CN(c1nccnc1Cn1c(C=O)cc2cncnc21)S(C)(=O)=O. The van der Waals surface area contributed by atoms with Gasteiger partial charge < -0.3 is 4.57 Å². The fraction of sp³-hybridized carbons (Fsp3) is 0.214. The highest BCUT2D eigenvalue weighted by Gasteiger charge is 2.20. The van der Waals surface area contributed by atoms with E-state index in [0.717, 1.165) is 10.6 Å². The number of carbonyl (C=O) groups excluding carboxylic acids is 1. The van der Waals surface area contributed by atoms with Crippen LogP contribution in [0.15, 0.2) is 31.0 Å². The number of hydrogen-bond donors (Lipinski definition) is 0. The molecule has 0 bridgehead atoms. The van der Waals surface area contributed by atoms with E-state index < -0.39 is 10.0 Å². The number of rotatable bonds is 5. The Morgan fingerprint density at radius 1 is 1.25 bits per heavy atom. The third-order valence-electron chi connectivity index (χ3n) is 3.57. The van der Waals surface area contributed by atoms with Crippen LogP contribution in [0.1, 0.15) is 16.2 Å². The number of aromatic nitrogens is 5. The van der Waals surface area contributed by atoms with Gasteiger partial charge in [-0.2, -0.15) is 0 Å². The molecule has 3 rings (SSSR count). The van der Waals surface area contributed by atoms with Gasteiger partial charge in [0.25, 0.3) is 0 Å². The third kappa shape index (κ3) is 2.83. The molecule has 0 fully saturated rings. The van der Waals surface area contributed by atoms with Crippen LogP contribution in [0.25, 0.3) is 11.0 Å². The number of aldehydes is 1. The van der Waals surface area contributed by atoms with E-state index in [9.17, 15) is 13.2 Å². The van der Waals surface area contributed by atoms with Gasteiger partial charge in [-0.1, -0.05) is 0 Å². The van der Waals surface area contributed by atoms with Crippen molar-refractivity contribution in [2.75, 3.05) is 17.6 Å². The second-order valence-corrected chi connectivity index (χ2v) is 7.15. The van der Waals surface area contributed by atoms with Crippen LogP contribution in [-0.2, 0) is 16.6 Å². The summed E-state index contributed by atoms with van der Waals surface area (Å²) < 4.78 is 26.3. The van der Waals surface area contributed by atoms with Gasteiger partial charge in [-0.15, -0.1) is 0 Å². The van der Waals surface area contributed by atoms with Crippen molar-refractivity contribution in [3.05, 3.63) is 42.4 Å². The summed E-state index contributed by atoms with van der Waals surface area (Å²) in [6.45, 7) is 0.150. The lowest BCUT2D eigenvalue weighted by atomic mass is 10.3. The molecule has 3 heterocycles. The Morgan fingerprint density at radius 3 is 2.71 bits per heavy atom. The van der Waals surface area contributed by atoms with Gasteiger partial charge in [0, 0.05) is 31.0 Å². The second kappa shape index (κ2) is 5.96. The molecule has 10 heteroatoms. The summed E-state index contributed by atoms with van der Waals surface area (Å²) in [5.74, 6) is 0.202. The van der Waals surface area contributed by atoms with Crippen molar-refractivity contribution in [3.63, 3.8) is 0 Å². The van der Waals surface area contributed by atoms with Crippen LogP contribution in [0.2, 0.25) is 0 Å². The number of sulfonamides is 1. The van der Waals surface area contributed by atoms with E-state index in [2.05, 4.69) is 19.9 Å². The lowest BCUT2D eigenvalue weighted by Crippen LogP contribution is -2.27. The Hall–Kier alpha value is -2.88. The van der Waals surface area contributed by atoms with Crippen LogP contribution in [0.4, 0.5) is 5.82 Å². The topological polar surface area (TPSA) is 111 Å². The van der Waals surface area contributed by atoms with E-state index >= 15 is 0 Å². The normalized spacial score (nSPS) is 11.6. The average Bonchev–Trinajstić information content (AvgIpc) is 2.92. The van der Waals surface area contributed by atoms with Gasteiger partial charge in [0.1, 0.15) is 17.7 Å². The molecule has 0 aliphatic rings. The molecular formula is C14H14N6O3S. The van der Waals surface area contributed by atoms with E-state index in [1.165, 1.54) is 25.8 Å². The number of anilines is 1. The summed E-state index contributed by atoms with van der Waals surface area (Å²) in [6.07, 6.45) is 7.66. The largest absolute Gasteiger partial charge is 0.317 e. The van der Waals surface area contributed by atoms with Gasteiger partial charge in [-0.25, -0.2) is 23.4 Å². The van der Waals surface area contributed by atoms with Gasteiger partial charge in [0.15, 0.2) is 12.1 Å². The zero-order valence-electron chi connectivity index (χ0n) is 13.0. The predicted molar refractivity (Wildman–Crippen MR) is 87.3 cm³/mol. The van der Waals surface area contributed by atoms with Crippen LogP contribution in [0.5, 0.6) is 0 Å². The van der Waals surface area contributed by atoms with Crippen molar-refractivity contribution in [2.24, 2.45) is 0 Å². The summed E-state index contributed by atoms with van der Waals surface area (Å²) in [6, 6.07) is 1.67. The maximum absolute atomic E-state index is 11.8. The number of carbonyl (C=O) groups is 1. The van der Waals surface area contributed by atoms with E-state index in [4.69, 9.17) is 0 Å². The number of hydrogen-bond acceptors (Lipinski definition) is 7. The summed E-state index contributed by atoms with van der Waals surface area (Å²) in [5.41, 5.74) is 1.36. The minimum atomic E-state index is -3.49. The Balaban J connectivity index is 2.12. The second-order valence-electron chi connectivity index (χ2n) is 5.13. The fourth-order valence-corrected chi connectivity index (χ4v) is 2.79. The lowest BCUT2D eigenvalue weighted by molar-refractivity contribution is 0.111. The van der Waals surface area contributed by atoms with E-state index in [1.807, 2.05) is 0 Å². The van der Waals surface area contributed by atoms with Crippen molar-refractivity contribution in [1.29, 1.82) is 0 Å². The standard InChI is InChI=1S/C14H14N6O3S/c1-19(24(2,22)23)14-12(16-3-4-17-14)7-20-11(8-21)5-10-6-15-9-18-13(10)20/h3-6,8-9H,7H2,1-2H3. The molecule has 3 aromatic rings. The van der Waals surface area contributed by atoms with Gasteiger partial charge in [0.05, 0.1) is 18.5 Å². The minimum absolute atomic E-state index is 0.150. The smallest absolute Gasteiger partial charge is 0.233 e. The van der Waals surface area contributed by atoms with Crippen LogP contribution in [-0.4, -0.2) is 52.5 Å². The Bertz CT molecular complexity index is 1010. The van der Waals surface area contributed by atoms with E-state index in [-0.39, 0.29) is 12.4 Å². The molecular weight excluding hydrogens is 332 g/mol. The first-order valence-electron chi connectivity index (χ1n) is 6.90. The van der Waals surface area contributed by atoms with Gasteiger partial charge in [0.2, 0.25) is 10.0 Å². The first-order valence-corrected chi connectivity index (χ1v) is 8.75. The van der Waals surface area contributed by atoms with Crippen LogP contribution >= 0.6 is 0 Å². The van der Waals surface area contributed by atoms with Gasteiger partial charge in [-0.3, -0.25) is 14.1 Å². The van der Waals surface area contributed by atoms with E-state index in [0.29, 0.717) is 28.7 Å². The molecule has 0 aliphatic carbocycles. The molecule has 0 N–H and O–H groups in total. The Kier molecular flexibility index (Phi) is 3.97. The summed E-state index contributed by atoms with van der Waals surface area (Å²) in [7, 11) is -2.09. The number of nitrogens with zero attached hydrogens (tertiary/aromatic N) is 6. The van der Waals surface area contributed by atoms with Crippen LogP contribution in [0, 0.1) is 0 Å². The average molecular weight is 346 g/mol. The molecule has 0 unspecified atom stereocenters. The van der Waals surface area contributed by atoms with Crippen molar-refractivity contribution in [3.8, 4) is 0 Å². The first kappa shape index (κ1) is 16.0. The molecule has 24 heavy (non-hydrogen) atoms. The molecule has 0 amide bonds. The van der Waals surface area contributed by atoms with Crippen molar-refractivity contribution in [1.82, 2.24) is 24.5 Å². The maximum atomic E-state index is 11.8.